The van der Waals surface area contributed by atoms with Crippen LogP contribution in [0.15, 0.2) is 36.4 Å². The molecule has 1 N–H and O–H groups in total. The number of likely N-dealkylation sites (tertiary alicyclic amines) is 1. The average molecular weight is 432 g/mol. The standard InChI is InChI=1S/C22H23Cl2N3O2/c1-2-26-11-9-14-5-7-16(13-20(14)26)25-21(28)19-4-3-10-27(19)22(29)17-12-15(23)6-8-18(17)24/h5-8,12-13,19H,2-4,9-11H2,1H3,(H,25,28). The number of hydrogen-bond donors (Lipinski definition) is 1. The van der Waals surface area contributed by atoms with Gasteiger partial charge in [0.15, 0.2) is 0 Å². The maximum atomic E-state index is 13.0. The highest BCUT2D eigenvalue weighted by Gasteiger charge is 2.35. The summed E-state index contributed by atoms with van der Waals surface area (Å²) >= 11 is 12.2. The van der Waals surface area contributed by atoms with Crippen molar-refractivity contribution in [1.29, 1.82) is 0 Å². The Morgan fingerprint density at radius 3 is 2.76 bits per heavy atom. The number of likely N-dealkylation sites (N-methyl/N-ethyl adjacent to an activating group) is 1. The van der Waals surface area contributed by atoms with Gasteiger partial charge >= 0.3 is 0 Å². The molecule has 2 heterocycles. The number of rotatable bonds is 4. The second-order valence-electron chi connectivity index (χ2n) is 7.44. The highest BCUT2D eigenvalue weighted by Crippen LogP contribution is 2.31. The lowest BCUT2D eigenvalue weighted by atomic mass is 10.1. The number of amides is 2. The van der Waals surface area contributed by atoms with Crippen molar-refractivity contribution in [3.05, 3.63) is 57.6 Å². The second kappa shape index (κ2) is 8.25. The van der Waals surface area contributed by atoms with Gasteiger partial charge in [-0.3, -0.25) is 9.59 Å². The van der Waals surface area contributed by atoms with Crippen molar-refractivity contribution in [3.63, 3.8) is 0 Å². The minimum atomic E-state index is -0.520. The van der Waals surface area contributed by atoms with Crippen LogP contribution in [-0.2, 0) is 11.2 Å². The van der Waals surface area contributed by atoms with Crippen LogP contribution in [0.3, 0.4) is 0 Å². The first kappa shape index (κ1) is 20.0. The molecule has 152 valence electrons. The normalized spacial score (nSPS) is 18.1. The molecule has 0 aliphatic carbocycles. The molecule has 0 bridgehead atoms. The van der Waals surface area contributed by atoms with Crippen molar-refractivity contribution >= 4 is 46.4 Å². The number of carbonyl (C=O) groups excluding carboxylic acids is 2. The van der Waals surface area contributed by atoms with Crippen LogP contribution < -0.4 is 10.2 Å². The molecule has 2 aliphatic rings. The Kier molecular flexibility index (Phi) is 5.70. The number of fused-ring (bicyclic) bond motifs is 1. The van der Waals surface area contributed by atoms with E-state index in [4.69, 9.17) is 23.2 Å². The first-order chi connectivity index (χ1) is 14.0. The summed E-state index contributed by atoms with van der Waals surface area (Å²) in [7, 11) is 0. The fourth-order valence-corrected chi connectivity index (χ4v) is 4.55. The lowest BCUT2D eigenvalue weighted by molar-refractivity contribution is -0.119. The van der Waals surface area contributed by atoms with Gasteiger partial charge in [-0.25, -0.2) is 0 Å². The van der Waals surface area contributed by atoms with Gasteiger partial charge in [0.1, 0.15) is 6.04 Å². The quantitative estimate of drug-likeness (QED) is 0.767. The molecule has 0 saturated carbocycles. The van der Waals surface area contributed by atoms with Gasteiger partial charge in [-0.15, -0.1) is 0 Å². The fourth-order valence-electron chi connectivity index (χ4n) is 4.18. The van der Waals surface area contributed by atoms with Crippen LogP contribution in [-0.4, -0.2) is 42.4 Å². The molecule has 0 radical (unpaired) electrons. The second-order valence-corrected chi connectivity index (χ2v) is 8.29. The number of nitrogens with one attached hydrogen (secondary N) is 1. The predicted molar refractivity (Wildman–Crippen MR) is 117 cm³/mol. The first-order valence-corrected chi connectivity index (χ1v) is 10.7. The molecular formula is C22H23Cl2N3O2. The number of anilines is 2. The number of carbonyl (C=O) groups is 2. The molecule has 0 spiro atoms. The zero-order chi connectivity index (χ0) is 20.5. The molecule has 1 atom stereocenters. The van der Waals surface area contributed by atoms with Gasteiger partial charge in [0.2, 0.25) is 5.91 Å². The van der Waals surface area contributed by atoms with E-state index in [1.54, 1.807) is 23.1 Å². The van der Waals surface area contributed by atoms with Crippen molar-refractivity contribution < 1.29 is 9.59 Å². The monoisotopic (exact) mass is 431 g/mol. The van der Waals surface area contributed by atoms with Gasteiger partial charge in [-0.05, 0) is 62.1 Å². The summed E-state index contributed by atoms with van der Waals surface area (Å²) in [6.45, 7) is 4.60. The molecule has 1 saturated heterocycles. The Morgan fingerprint density at radius 1 is 1.14 bits per heavy atom. The topological polar surface area (TPSA) is 52.7 Å². The van der Waals surface area contributed by atoms with Crippen molar-refractivity contribution in [1.82, 2.24) is 4.90 Å². The molecule has 2 aliphatic heterocycles. The summed E-state index contributed by atoms with van der Waals surface area (Å²) in [5.41, 5.74) is 3.57. The highest BCUT2D eigenvalue weighted by molar-refractivity contribution is 6.35. The van der Waals surface area contributed by atoms with Crippen LogP contribution in [0.2, 0.25) is 10.0 Å². The number of hydrogen-bond acceptors (Lipinski definition) is 3. The van der Waals surface area contributed by atoms with Crippen LogP contribution in [0, 0.1) is 0 Å². The number of nitrogens with zero attached hydrogens (tertiary/aromatic N) is 2. The van der Waals surface area contributed by atoms with E-state index in [0.717, 1.165) is 31.6 Å². The molecule has 4 rings (SSSR count). The maximum absolute atomic E-state index is 13.0. The van der Waals surface area contributed by atoms with E-state index >= 15 is 0 Å². The summed E-state index contributed by atoms with van der Waals surface area (Å²) in [5, 5.41) is 3.78. The third-order valence-electron chi connectivity index (χ3n) is 5.70. The minimum absolute atomic E-state index is 0.171. The lowest BCUT2D eigenvalue weighted by Crippen LogP contribution is -2.43. The van der Waals surface area contributed by atoms with Gasteiger partial charge in [0.25, 0.3) is 5.91 Å². The highest BCUT2D eigenvalue weighted by atomic mass is 35.5. The molecular weight excluding hydrogens is 409 g/mol. The van der Waals surface area contributed by atoms with E-state index in [9.17, 15) is 9.59 Å². The van der Waals surface area contributed by atoms with Crippen LogP contribution >= 0.6 is 23.2 Å². The van der Waals surface area contributed by atoms with Crippen LogP contribution in [0.4, 0.5) is 11.4 Å². The Bertz CT molecular complexity index is 963. The van der Waals surface area contributed by atoms with Gasteiger partial charge in [-0.1, -0.05) is 29.3 Å². The summed E-state index contributed by atoms with van der Waals surface area (Å²) < 4.78 is 0. The number of halogens is 2. The summed E-state index contributed by atoms with van der Waals surface area (Å²) in [6.07, 6.45) is 2.43. The molecule has 2 amide bonds. The van der Waals surface area contributed by atoms with E-state index in [0.29, 0.717) is 28.6 Å². The molecule has 1 unspecified atom stereocenters. The van der Waals surface area contributed by atoms with Crippen molar-refractivity contribution in [2.24, 2.45) is 0 Å². The van der Waals surface area contributed by atoms with E-state index in [-0.39, 0.29) is 11.8 Å². The maximum Gasteiger partial charge on any atom is 0.256 e. The van der Waals surface area contributed by atoms with E-state index < -0.39 is 6.04 Å². The van der Waals surface area contributed by atoms with Crippen molar-refractivity contribution in [2.75, 3.05) is 29.9 Å². The average Bonchev–Trinajstić information content (AvgIpc) is 3.36. The predicted octanol–water partition coefficient (Wildman–Crippen LogP) is 4.62. The molecule has 2 aromatic rings. The Balaban J connectivity index is 1.51. The summed E-state index contributed by atoms with van der Waals surface area (Å²) in [4.78, 5) is 29.9. The van der Waals surface area contributed by atoms with Crippen LogP contribution in [0.25, 0.3) is 0 Å². The molecule has 5 nitrogen and oxygen atoms in total. The lowest BCUT2D eigenvalue weighted by Gasteiger charge is -2.25. The first-order valence-electron chi connectivity index (χ1n) is 9.92. The van der Waals surface area contributed by atoms with Gasteiger partial charge in [0, 0.05) is 36.0 Å². The molecule has 1 fully saturated rings. The Hall–Kier alpha value is -2.24. The van der Waals surface area contributed by atoms with Crippen LogP contribution in [0.1, 0.15) is 35.7 Å². The fraction of sp³-hybridized carbons (Fsp3) is 0.364. The minimum Gasteiger partial charge on any atom is -0.371 e. The molecule has 0 aromatic heterocycles. The third kappa shape index (κ3) is 3.94. The zero-order valence-corrected chi connectivity index (χ0v) is 17.8. The number of benzene rings is 2. The smallest absolute Gasteiger partial charge is 0.256 e. The van der Waals surface area contributed by atoms with Crippen LogP contribution in [0.5, 0.6) is 0 Å². The van der Waals surface area contributed by atoms with Gasteiger partial charge in [0.05, 0.1) is 10.6 Å². The zero-order valence-electron chi connectivity index (χ0n) is 16.3. The Labute approximate surface area is 180 Å². The molecule has 29 heavy (non-hydrogen) atoms. The SMILES string of the molecule is CCN1CCc2ccc(NC(=O)C3CCCN3C(=O)c3cc(Cl)ccc3Cl)cc21. The van der Waals surface area contributed by atoms with Gasteiger partial charge in [-0.2, -0.15) is 0 Å². The van der Waals surface area contributed by atoms with Crippen molar-refractivity contribution in [2.45, 2.75) is 32.2 Å². The van der Waals surface area contributed by atoms with Crippen molar-refractivity contribution in [3.8, 4) is 0 Å². The third-order valence-corrected chi connectivity index (χ3v) is 6.27. The largest absolute Gasteiger partial charge is 0.371 e. The van der Waals surface area contributed by atoms with E-state index in [1.165, 1.54) is 11.3 Å². The molecule has 2 aromatic carbocycles. The van der Waals surface area contributed by atoms with Gasteiger partial charge < -0.3 is 15.1 Å². The Morgan fingerprint density at radius 2 is 1.97 bits per heavy atom. The van der Waals surface area contributed by atoms with E-state index in [1.807, 2.05) is 12.1 Å². The summed E-state index contributed by atoms with van der Waals surface area (Å²) in [6, 6.07) is 10.3. The van der Waals surface area contributed by atoms with E-state index in [2.05, 4.69) is 23.2 Å². The molecule has 7 heteroatoms. The summed E-state index contributed by atoms with van der Waals surface area (Å²) in [5.74, 6) is -0.434.